The molecule has 0 aliphatic carbocycles. The summed E-state index contributed by atoms with van der Waals surface area (Å²) in [7, 11) is 0. The van der Waals surface area contributed by atoms with Crippen LogP contribution in [0.2, 0.25) is 0 Å². The molecular weight excluding hydrogens is 196 g/mol. The summed E-state index contributed by atoms with van der Waals surface area (Å²) in [5, 5.41) is 0. The Morgan fingerprint density at radius 1 is 1.33 bits per heavy atom. The van der Waals surface area contributed by atoms with Gasteiger partial charge in [-0.05, 0) is 19.9 Å². The van der Waals surface area contributed by atoms with Gasteiger partial charge in [0, 0.05) is 12.0 Å². The lowest BCUT2D eigenvalue weighted by Crippen LogP contribution is -2.23. The van der Waals surface area contributed by atoms with Gasteiger partial charge in [-0.3, -0.25) is 0 Å². The summed E-state index contributed by atoms with van der Waals surface area (Å²) in [4.78, 5) is 0. The van der Waals surface area contributed by atoms with Crippen molar-refractivity contribution in [3.05, 3.63) is 24.2 Å². The number of furan rings is 1. The third-order valence-electron chi connectivity index (χ3n) is 2.80. The van der Waals surface area contributed by atoms with Crippen LogP contribution in [0.15, 0.2) is 23.0 Å². The highest BCUT2D eigenvalue weighted by Gasteiger charge is 2.48. The minimum Gasteiger partial charge on any atom is -0.472 e. The van der Waals surface area contributed by atoms with Crippen molar-refractivity contribution >= 4 is 0 Å². The second-order valence-corrected chi connectivity index (χ2v) is 4.46. The van der Waals surface area contributed by atoms with Crippen molar-refractivity contribution < 1.29 is 18.6 Å². The van der Waals surface area contributed by atoms with E-state index in [0.29, 0.717) is 0 Å². The zero-order valence-corrected chi connectivity index (χ0v) is 8.80. The number of rotatable bonds is 1. The summed E-state index contributed by atoms with van der Waals surface area (Å²) in [5.41, 5.74) is 1.05. The molecule has 3 atom stereocenters. The molecule has 1 aromatic rings. The topological polar surface area (TPSA) is 40.8 Å². The van der Waals surface area contributed by atoms with Crippen molar-refractivity contribution in [2.45, 2.75) is 44.6 Å². The van der Waals surface area contributed by atoms with Gasteiger partial charge >= 0.3 is 0 Å². The lowest BCUT2D eigenvalue weighted by atomic mass is 10.1. The molecule has 3 heterocycles. The SMILES string of the molecule is CC1(C)O[C@H]2O[C@@H](c3ccoc3)C[C@H]2O1. The molecule has 0 aromatic carbocycles. The van der Waals surface area contributed by atoms with Gasteiger partial charge in [0.05, 0.1) is 18.6 Å². The van der Waals surface area contributed by atoms with Gasteiger partial charge in [0.25, 0.3) is 0 Å². The molecule has 2 aliphatic rings. The Bertz CT molecular complexity index is 327. The van der Waals surface area contributed by atoms with E-state index in [2.05, 4.69) is 0 Å². The molecule has 2 saturated heterocycles. The van der Waals surface area contributed by atoms with Crippen molar-refractivity contribution in [3.8, 4) is 0 Å². The number of hydrogen-bond acceptors (Lipinski definition) is 4. The molecule has 2 fully saturated rings. The molecule has 0 radical (unpaired) electrons. The second-order valence-electron chi connectivity index (χ2n) is 4.46. The Morgan fingerprint density at radius 3 is 2.87 bits per heavy atom. The third kappa shape index (κ3) is 1.58. The van der Waals surface area contributed by atoms with Crippen molar-refractivity contribution in [1.29, 1.82) is 0 Å². The first-order chi connectivity index (χ1) is 7.14. The molecule has 0 unspecified atom stereocenters. The fourth-order valence-corrected chi connectivity index (χ4v) is 2.18. The van der Waals surface area contributed by atoms with Crippen molar-refractivity contribution in [2.75, 3.05) is 0 Å². The van der Waals surface area contributed by atoms with Crippen LogP contribution >= 0.6 is 0 Å². The quantitative estimate of drug-likeness (QED) is 0.712. The second kappa shape index (κ2) is 3.07. The predicted molar refractivity (Wildman–Crippen MR) is 51.0 cm³/mol. The van der Waals surface area contributed by atoms with Crippen molar-refractivity contribution in [1.82, 2.24) is 0 Å². The van der Waals surface area contributed by atoms with E-state index in [1.165, 1.54) is 0 Å². The molecule has 82 valence electrons. The van der Waals surface area contributed by atoms with Crippen LogP contribution in [-0.4, -0.2) is 18.2 Å². The molecule has 1 aromatic heterocycles. The third-order valence-corrected chi connectivity index (χ3v) is 2.80. The van der Waals surface area contributed by atoms with Gasteiger partial charge in [0.1, 0.15) is 6.10 Å². The van der Waals surface area contributed by atoms with E-state index in [9.17, 15) is 0 Å². The molecule has 0 saturated carbocycles. The highest BCUT2D eigenvalue weighted by Crippen LogP contribution is 2.42. The fraction of sp³-hybridized carbons (Fsp3) is 0.636. The van der Waals surface area contributed by atoms with Gasteiger partial charge in [0.2, 0.25) is 0 Å². The van der Waals surface area contributed by atoms with Crippen LogP contribution in [0.4, 0.5) is 0 Å². The lowest BCUT2D eigenvalue weighted by Gasteiger charge is -2.19. The summed E-state index contributed by atoms with van der Waals surface area (Å²) in [6.07, 6.45) is 4.03. The fourth-order valence-electron chi connectivity index (χ4n) is 2.18. The normalized spacial score (nSPS) is 38.1. The van der Waals surface area contributed by atoms with Gasteiger partial charge in [-0.15, -0.1) is 0 Å². The first-order valence-electron chi connectivity index (χ1n) is 5.17. The van der Waals surface area contributed by atoms with Crippen LogP contribution < -0.4 is 0 Å². The summed E-state index contributed by atoms with van der Waals surface area (Å²) < 4.78 is 22.1. The first-order valence-corrected chi connectivity index (χ1v) is 5.17. The van der Waals surface area contributed by atoms with Crippen molar-refractivity contribution in [2.24, 2.45) is 0 Å². The molecule has 4 nitrogen and oxygen atoms in total. The average molecular weight is 210 g/mol. The minimum atomic E-state index is -0.517. The molecule has 0 amide bonds. The lowest BCUT2D eigenvalue weighted by molar-refractivity contribution is -0.205. The van der Waals surface area contributed by atoms with E-state index in [4.69, 9.17) is 18.6 Å². The van der Waals surface area contributed by atoms with Crippen LogP contribution in [0.3, 0.4) is 0 Å². The minimum absolute atomic E-state index is 0.0369. The van der Waals surface area contributed by atoms with Crippen molar-refractivity contribution in [3.63, 3.8) is 0 Å². The monoisotopic (exact) mass is 210 g/mol. The number of fused-ring (bicyclic) bond motifs is 1. The summed E-state index contributed by atoms with van der Waals surface area (Å²) in [6, 6.07) is 1.91. The van der Waals surface area contributed by atoms with Crippen LogP contribution in [0, 0.1) is 0 Å². The van der Waals surface area contributed by atoms with Gasteiger partial charge in [-0.1, -0.05) is 0 Å². The van der Waals surface area contributed by atoms with Gasteiger partial charge in [0.15, 0.2) is 12.1 Å². The van der Waals surface area contributed by atoms with Crippen LogP contribution in [0.1, 0.15) is 31.9 Å². The molecule has 4 heteroatoms. The Morgan fingerprint density at radius 2 is 2.20 bits per heavy atom. The zero-order chi connectivity index (χ0) is 10.5. The summed E-state index contributed by atoms with van der Waals surface area (Å²) >= 11 is 0. The number of ether oxygens (including phenoxy) is 3. The van der Waals surface area contributed by atoms with E-state index >= 15 is 0 Å². The molecule has 0 spiro atoms. The van der Waals surface area contributed by atoms with E-state index in [0.717, 1.165) is 12.0 Å². The van der Waals surface area contributed by atoms with E-state index < -0.39 is 5.79 Å². The molecule has 0 bridgehead atoms. The Kier molecular flexibility index (Phi) is 1.92. The van der Waals surface area contributed by atoms with Gasteiger partial charge < -0.3 is 18.6 Å². The molecule has 3 rings (SSSR count). The average Bonchev–Trinajstić information content (AvgIpc) is 2.74. The predicted octanol–water partition coefficient (Wildman–Crippen LogP) is 2.22. The highest BCUT2D eigenvalue weighted by molar-refractivity contribution is 5.12. The zero-order valence-electron chi connectivity index (χ0n) is 8.80. The van der Waals surface area contributed by atoms with Gasteiger partial charge in [-0.2, -0.15) is 0 Å². The van der Waals surface area contributed by atoms with E-state index in [-0.39, 0.29) is 18.5 Å². The largest absolute Gasteiger partial charge is 0.472 e. The van der Waals surface area contributed by atoms with Crippen LogP contribution in [0.25, 0.3) is 0 Å². The summed E-state index contributed by atoms with van der Waals surface area (Å²) in [6.45, 7) is 3.81. The summed E-state index contributed by atoms with van der Waals surface area (Å²) in [5.74, 6) is -0.517. The van der Waals surface area contributed by atoms with Gasteiger partial charge in [-0.25, -0.2) is 0 Å². The molecule has 0 N–H and O–H groups in total. The van der Waals surface area contributed by atoms with Crippen LogP contribution in [-0.2, 0) is 14.2 Å². The number of hydrogen-bond donors (Lipinski definition) is 0. The molecule has 15 heavy (non-hydrogen) atoms. The maximum absolute atomic E-state index is 5.76. The van der Waals surface area contributed by atoms with E-state index in [1.807, 2.05) is 19.9 Å². The maximum atomic E-state index is 5.76. The van der Waals surface area contributed by atoms with Crippen LogP contribution in [0.5, 0.6) is 0 Å². The Labute approximate surface area is 88.1 Å². The Balaban J connectivity index is 1.72. The van der Waals surface area contributed by atoms with E-state index in [1.54, 1.807) is 12.5 Å². The Hall–Kier alpha value is -0.840. The first kappa shape index (κ1) is 9.39. The standard InChI is InChI=1S/C11H14O4/c1-11(2)14-9-5-8(13-10(9)15-11)7-3-4-12-6-7/h3-4,6,8-10H,5H2,1-2H3/t8-,9-,10-/m1/s1. The maximum Gasteiger partial charge on any atom is 0.187 e. The molecular formula is C11H14O4. The molecule has 2 aliphatic heterocycles. The highest BCUT2D eigenvalue weighted by atomic mass is 16.8. The smallest absolute Gasteiger partial charge is 0.187 e.